The Morgan fingerprint density at radius 1 is 1.21 bits per heavy atom. The second-order valence-electron chi connectivity index (χ2n) is 4.87. The Morgan fingerprint density at radius 2 is 2.05 bits per heavy atom. The lowest BCUT2D eigenvalue weighted by Crippen LogP contribution is -2.21. The van der Waals surface area contributed by atoms with Crippen molar-refractivity contribution in [2.24, 2.45) is 0 Å². The van der Waals surface area contributed by atoms with Crippen molar-refractivity contribution in [1.29, 1.82) is 0 Å². The van der Waals surface area contributed by atoms with E-state index in [-0.39, 0.29) is 5.82 Å². The van der Waals surface area contributed by atoms with Gasteiger partial charge in [-0.2, -0.15) is 0 Å². The standard InChI is InChI=1S/C15H16FN3/c16-14-5-3-4-12(9-14)8-13-10-17-11-18-15(13)19-6-1-2-7-19/h3-5,9-11H,1-2,6-8H2. The van der Waals surface area contributed by atoms with Crippen LogP contribution in [0.25, 0.3) is 0 Å². The van der Waals surface area contributed by atoms with E-state index in [2.05, 4.69) is 14.9 Å². The van der Waals surface area contributed by atoms with Gasteiger partial charge in [0, 0.05) is 31.3 Å². The maximum absolute atomic E-state index is 13.2. The summed E-state index contributed by atoms with van der Waals surface area (Å²) in [7, 11) is 0. The molecule has 4 heteroatoms. The third-order valence-corrected chi connectivity index (χ3v) is 3.45. The fourth-order valence-electron chi connectivity index (χ4n) is 2.56. The first kappa shape index (κ1) is 12.1. The third kappa shape index (κ3) is 2.72. The molecule has 1 aliphatic heterocycles. The normalized spacial score (nSPS) is 14.9. The second-order valence-corrected chi connectivity index (χ2v) is 4.87. The largest absolute Gasteiger partial charge is 0.356 e. The van der Waals surface area contributed by atoms with Crippen molar-refractivity contribution in [3.8, 4) is 0 Å². The topological polar surface area (TPSA) is 29.0 Å². The Morgan fingerprint density at radius 3 is 2.84 bits per heavy atom. The first-order valence-electron chi connectivity index (χ1n) is 6.61. The van der Waals surface area contributed by atoms with Gasteiger partial charge in [-0.1, -0.05) is 12.1 Å². The zero-order valence-corrected chi connectivity index (χ0v) is 10.7. The highest BCUT2D eigenvalue weighted by molar-refractivity contribution is 5.48. The van der Waals surface area contributed by atoms with E-state index < -0.39 is 0 Å². The van der Waals surface area contributed by atoms with Gasteiger partial charge in [0.1, 0.15) is 18.0 Å². The first-order valence-corrected chi connectivity index (χ1v) is 6.61. The van der Waals surface area contributed by atoms with Crippen LogP contribution in [0.4, 0.5) is 10.2 Å². The summed E-state index contributed by atoms with van der Waals surface area (Å²) in [4.78, 5) is 10.8. The Kier molecular flexibility index (Phi) is 3.40. The van der Waals surface area contributed by atoms with Crippen LogP contribution < -0.4 is 4.90 Å². The summed E-state index contributed by atoms with van der Waals surface area (Å²) in [5.41, 5.74) is 2.02. The van der Waals surface area contributed by atoms with Gasteiger partial charge in [-0.3, -0.25) is 0 Å². The van der Waals surface area contributed by atoms with E-state index in [9.17, 15) is 4.39 Å². The number of benzene rings is 1. The Hall–Kier alpha value is -1.97. The molecular formula is C15H16FN3. The number of hydrogen-bond donors (Lipinski definition) is 0. The van der Waals surface area contributed by atoms with Gasteiger partial charge in [0.15, 0.2) is 0 Å². The molecule has 0 aliphatic carbocycles. The molecule has 0 atom stereocenters. The Labute approximate surface area is 112 Å². The minimum absolute atomic E-state index is 0.197. The van der Waals surface area contributed by atoms with Crippen molar-refractivity contribution in [3.63, 3.8) is 0 Å². The molecule has 0 amide bonds. The van der Waals surface area contributed by atoms with Gasteiger partial charge < -0.3 is 4.90 Å². The molecule has 0 radical (unpaired) electrons. The van der Waals surface area contributed by atoms with Gasteiger partial charge in [0.25, 0.3) is 0 Å². The highest BCUT2D eigenvalue weighted by Crippen LogP contribution is 2.23. The van der Waals surface area contributed by atoms with E-state index in [0.29, 0.717) is 6.42 Å². The van der Waals surface area contributed by atoms with Crippen molar-refractivity contribution in [3.05, 3.63) is 53.7 Å². The smallest absolute Gasteiger partial charge is 0.135 e. The molecule has 1 aromatic heterocycles. The number of halogens is 1. The van der Waals surface area contributed by atoms with Gasteiger partial charge in [0.05, 0.1) is 0 Å². The van der Waals surface area contributed by atoms with E-state index in [1.54, 1.807) is 18.5 Å². The zero-order chi connectivity index (χ0) is 13.1. The van der Waals surface area contributed by atoms with Crippen molar-refractivity contribution in [1.82, 2.24) is 9.97 Å². The van der Waals surface area contributed by atoms with Gasteiger partial charge >= 0.3 is 0 Å². The number of anilines is 1. The van der Waals surface area contributed by atoms with Crippen LogP contribution in [-0.4, -0.2) is 23.1 Å². The van der Waals surface area contributed by atoms with Crippen LogP contribution in [-0.2, 0) is 6.42 Å². The molecule has 19 heavy (non-hydrogen) atoms. The molecule has 3 nitrogen and oxygen atoms in total. The number of nitrogens with zero attached hydrogens (tertiary/aromatic N) is 3. The summed E-state index contributed by atoms with van der Waals surface area (Å²) in [5, 5.41) is 0. The highest BCUT2D eigenvalue weighted by atomic mass is 19.1. The van der Waals surface area contributed by atoms with Crippen LogP contribution in [0.2, 0.25) is 0 Å². The molecule has 98 valence electrons. The summed E-state index contributed by atoms with van der Waals surface area (Å²) in [6.07, 6.45) is 6.52. The van der Waals surface area contributed by atoms with Gasteiger partial charge in [0.2, 0.25) is 0 Å². The van der Waals surface area contributed by atoms with E-state index in [1.807, 2.05) is 12.3 Å². The second kappa shape index (κ2) is 5.34. The lowest BCUT2D eigenvalue weighted by molar-refractivity contribution is 0.626. The quantitative estimate of drug-likeness (QED) is 0.846. The molecule has 1 fully saturated rings. The fourth-order valence-corrected chi connectivity index (χ4v) is 2.56. The molecule has 1 aliphatic rings. The predicted molar refractivity (Wildman–Crippen MR) is 72.7 cm³/mol. The average molecular weight is 257 g/mol. The average Bonchev–Trinajstić information content (AvgIpc) is 2.93. The van der Waals surface area contributed by atoms with E-state index in [4.69, 9.17) is 0 Å². The van der Waals surface area contributed by atoms with Gasteiger partial charge in [-0.05, 0) is 30.5 Å². The predicted octanol–water partition coefficient (Wildman–Crippen LogP) is 2.81. The van der Waals surface area contributed by atoms with E-state index in [1.165, 1.54) is 18.9 Å². The summed E-state index contributed by atoms with van der Waals surface area (Å²) in [6.45, 7) is 2.10. The van der Waals surface area contributed by atoms with Crippen LogP contribution in [0.1, 0.15) is 24.0 Å². The van der Waals surface area contributed by atoms with Gasteiger partial charge in [-0.15, -0.1) is 0 Å². The van der Waals surface area contributed by atoms with Crippen molar-refractivity contribution >= 4 is 5.82 Å². The lowest BCUT2D eigenvalue weighted by Gasteiger charge is -2.19. The zero-order valence-electron chi connectivity index (χ0n) is 10.7. The Bertz CT molecular complexity index is 565. The lowest BCUT2D eigenvalue weighted by atomic mass is 10.1. The number of aromatic nitrogens is 2. The molecule has 0 saturated carbocycles. The van der Waals surface area contributed by atoms with Gasteiger partial charge in [-0.25, -0.2) is 14.4 Å². The maximum atomic E-state index is 13.2. The molecule has 1 saturated heterocycles. The molecule has 0 bridgehead atoms. The van der Waals surface area contributed by atoms with Crippen LogP contribution in [0, 0.1) is 5.82 Å². The number of rotatable bonds is 3. The fraction of sp³-hybridized carbons (Fsp3) is 0.333. The summed E-state index contributed by atoms with van der Waals surface area (Å²) < 4.78 is 13.2. The van der Waals surface area contributed by atoms with Crippen LogP contribution in [0.3, 0.4) is 0 Å². The highest BCUT2D eigenvalue weighted by Gasteiger charge is 2.17. The molecule has 0 unspecified atom stereocenters. The van der Waals surface area contributed by atoms with Crippen molar-refractivity contribution in [2.45, 2.75) is 19.3 Å². The third-order valence-electron chi connectivity index (χ3n) is 3.45. The summed E-state index contributed by atoms with van der Waals surface area (Å²) in [5.74, 6) is 0.800. The van der Waals surface area contributed by atoms with Crippen LogP contribution in [0.15, 0.2) is 36.8 Å². The van der Waals surface area contributed by atoms with Crippen LogP contribution in [0.5, 0.6) is 0 Å². The molecule has 0 N–H and O–H groups in total. The molecule has 0 spiro atoms. The summed E-state index contributed by atoms with van der Waals surface area (Å²) >= 11 is 0. The van der Waals surface area contributed by atoms with Crippen molar-refractivity contribution in [2.75, 3.05) is 18.0 Å². The van der Waals surface area contributed by atoms with Crippen molar-refractivity contribution < 1.29 is 4.39 Å². The Balaban J connectivity index is 1.88. The van der Waals surface area contributed by atoms with E-state index in [0.717, 1.165) is 30.0 Å². The minimum Gasteiger partial charge on any atom is -0.356 e. The number of hydrogen-bond acceptors (Lipinski definition) is 3. The molecular weight excluding hydrogens is 241 g/mol. The van der Waals surface area contributed by atoms with Crippen LogP contribution >= 0.6 is 0 Å². The molecule has 3 rings (SSSR count). The minimum atomic E-state index is -0.197. The SMILES string of the molecule is Fc1cccc(Cc2cncnc2N2CCCC2)c1. The van der Waals surface area contributed by atoms with E-state index >= 15 is 0 Å². The molecule has 2 aromatic rings. The molecule has 2 heterocycles. The monoisotopic (exact) mass is 257 g/mol. The first-order chi connectivity index (χ1) is 9.33. The molecule has 1 aromatic carbocycles. The summed E-state index contributed by atoms with van der Waals surface area (Å²) in [6, 6.07) is 6.71. The maximum Gasteiger partial charge on any atom is 0.135 e.